The van der Waals surface area contributed by atoms with Crippen molar-refractivity contribution in [1.29, 1.82) is 0 Å². The summed E-state index contributed by atoms with van der Waals surface area (Å²) < 4.78 is 15.8. The van der Waals surface area contributed by atoms with Gasteiger partial charge in [0.15, 0.2) is 0 Å². The van der Waals surface area contributed by atoms with E-state index in [1.54, 1.807) is 13.8 Å². The second-order valence-electron chi connectivity index (χ2n) is 7.11. The molecule has 2 aliphatic rings. The van der Waals surface area contributed by atoms with E-state index < -0.39 is 11.5 Å². The van der Waals surface area contributed by atoms with Gasteiger partial charge in [-0.1, -0.05) is 34.6 Å². The fourth-order valence-corrected chi connectivity index (χ4v) is 1.90. The SMILES string of the molecule is C1C[C@H]2OCC[C@H]2O1.CC.CC(C)(CO)OCCC(N)=O.CC(C)C. The van der Waals surface area contributed by atoms with Gasteiger partial charge in [-0.25, -0.2) is 0 Å². The van der Waals surface area contributed by atoms with E-state index in [2.05, 4.69) is 20.8 Å². The number of nitrogens with two attached hydrogens (primary N) is 1. The third-order valence-corrected chi connectivity index (χ3v) is 3.11. The van der Waals surface area contributed by atoms with Crippen molar-refractivity contribution >= 4 is 5.91 Å². The molecular weight excluding hydrogens is 322 g/mol. The lowest BCUT2D eigenvalue weighted by molar-refractivity contribution is -0.121. The zero-order valence-corrected chi connectivity index (χ0v) is 17.3. The van der Waals surface area contributed by atoms with Crippen LogP contribution in [0, 0.1) is 5.92 Å². The molecule has 2 aliphatic heterocycles. The highest BCUT2D eigenvalue weighted by molar-refractivity contribution is 5.73. The van der Waals surface area contributed by atoms with Crippen LogP contribution < -0.4 is 5.73 Å². The Morgan fingerprint density at radius 3 is 1.88 bits per heavy atom. The summed E-state index contributed by atoms with van der Waals surface area (Å²) in [5.74, 6) is 0.443. The fraction of sp³-hybridized carbons (Fsp3) is 0.947. The van der Waals surface area contributed by atoms with Crippen LogP contribution in [0.4, 0.5) is 0 Å². The van der Waals surface area contributed by atoms with Gasteiger partial charge in [-0.3, -0.25) is 4.79 Å². The first-order chi connectivity index (χ1) is 11.7. The highest BCUT2D eigenvalue weighted by atomic mass is 16.6. The number of hydrogen-bond donors (Lipinski definition) is 2. The fourth-order valence-electron chi connectivity index (χ4n) is 1.90. The maximum absolute atomic E-state index is 10.3. The second kappa shape index (κ2) is 15.6. The molecule has 0 aromatic heterocycles. The number of aliphatic hydroxyl groups is 1. The summed E-state index contributed by atoms with van der Waals surface area (Å²) in [5.41, 5.74) is 4.31. The maximum atomic E-state index is 10.3. The lowest BCUT2D eigenvalue weighted by Gasteiger charge is -2.21. The molecule has 2 atom stereocenters. The van der Waals surface area contributed by atoms with Gasteiger partial charge in [-0.15, -0.1) is 0 Å². The van der Waals surface area contributed by atoms with Crippen LogP contribution in [-0.4, -0.2) is 55.3 Å². The van der Waals surface area contributed by atoms with Crippen LogP contribution in [0.5, 0.6) is 0 Å². The summed E-state index contributed by atoms with van der Waals surface area (Å²) in [5, 5.41) is 8.72. The Bertz CT molecular complexity index is 298. The van der Waals surface area contributed by atoms with Gasteiger partial charge >= 0.3 is 0 Å². The lowest BCUT2D eigenvalue weighted by atomic mass is 10.1. The lowest BCUT2D eigenvalue weighted by Crippen LogP contribution is -2.30. The van der Waals surface area contributed by atoms with Crippen LogP contribution in [0.15, 0.2) is 0 Å². The van der Waals surface area contributed by atoms with Crippen LogP contribution in [0.25, 0.3) is 0 Å². The second-order valence-corrected chi connectivity index (χ2v) is 7.11. The molecule has 0 aliphatic carbocycles. The zero-order valence-electron chi connectivity index (χ0n) is 17.3. The number of rotatable bonds is 5. The van der Waals surface area contributed by atoms with Gasteiger partial charge in [-0.05, 0) is 32.6 Å². The van der Waals surface area contributed by atoms with E-state index in [0.29, 0.717) is 12.2 Å². The highest BCUT2D eigenvalue weighted by Gasteiger charge is 2.33. The normalized spacial score (nSPS) is 21.2. The Labute approximate surface area is 154 Å². The van der Waals surface area contributed by atoms with E-state index in [0.717, 1.165) is 32.0 Å². The van der Waals surface area contributed by atoms with E-state index in [-0.39, 0.29) is 19.6 Å². The van der Waals surface area contributed by atoms with Crippen molar-refractivity contribution in [3.63, 3.8) is 0 Å². The average molecular weight is 364 g/mol. The molecule has 6 nitrogen and oxygen atoms in total. The molecule has 1 amide bonds. The van der Waals surface area contributed by atoms with Gasteiger partial charge in [0.05, 0.1) is 31.0 Å². The summed E-state index contributed by atoms with van der Waals surface area (Å²) in [6.45, 7) is 16.0. The van der Waals surface area contributed by atoms with Crippen molar-refractivity contribution in [2.75, 3.05) is 26.4 Å². The average Bonchev–Trinajstić information content (AvgIpc) is 3.13. The summed E-state index contributed by atoms with van der Waals surface area (Å²) in [6.07, 6.45) is 3.34. The number of carbonyl (C=O) groups excluding carboxylic acids is 1. The van der Waals surface area contributed by atoms with Crippen molar-refractivity contribution in [2.24, 2.45) is 11.7 Å². The summed E-state index contributed by atoms with van der Waals surface area (Å²) in [4.78, 5) is 10.3. The van der Waals surface area contributed by atoms with Crippen molar-refractivity contribution in [3.05, 3.63) is 0 Å². The number of amides is 1. The minimum atomic E-state index is -0.574. The molecule has 0 bridgehead atoms. The first-order valence-corrected chi connectivity index (χ1v) is 9.44. The molecule has 0 unspecified atom stereocenters. The van der Waals surface area contributed by atoms with E-state index in [1.807, 2.05) is 13.8 Å². The Morgan fingerprint density at radius 1 is 1.16 bits per heavy atom. The number of primary amides is 1. The van der Waals surface area contributed by atoms with Crippen molar-refractivity contribution in [2.45, 2.75) is 85.5 Å². The summed E-state index contributed by atoms with van der Waals surface area (Å²) in [7, 11) is 0. The van der Waals surface area contributed by atoms with Gasteiger partial charge in [0.25, 0.3) is 0 Å². The molecule has 25 heavy (non-hydrogen) atoms. The van der Waals surface area contributed by atoms with Crippen LogP contribution in [0.1, 0.15) is 67.7 Å². The molecule has 2 heterocycles. The monoisotopic (exact) mass is 363 g/mol. The summed E-state index contributed by atoms with van der Waals surface area (Å²) >= 11 is 0. The first kappa shape index (κ1) is 26.5. The molecule has 0 aromatic rings. The molecule has 0 radical (unpaired) electrons. The zero-order chi connectivity index (χ0) is 19.9. The number of fused-ring (bicyclic) bond motifs is 1. The molecule has 0 spiro atoms. The van der Waals surface area contributed by atoms with E-state index >= 15 is 0 Å². The van der Waals surface area contributed by atoms with Gasteiger partial charge < -0.3 is 25.1 Å². The number of aliphatic hydroxyl groups excluding tert-OH is 1. The third-order valence-electron chi connectivity index (χ3n) is 3.11. The number of ether oxygens (including phenoxy) is 3. The topological polar surface area (TPSA) is 91.0 Å². The van der Waals surface area contributed by atoms with E-state index in [9.17, 15) is 4.79 Å². The Balaban J connectivity index is 0. The van der Waals surface area contributed by atoms with Gasteiger partial charge in [-0.2, -0.15) is 0 Å². The molecule has 2 fully saturated rings. The van der Waals surface area contributed by atoms with Crippen LogP contribution >= 0.6 is 0 Å². The van der Waals surface area contributed by atoms with E-state index in [4.69, 9.17) is 25.1 Å². The minimum Gasteiger partial charge on any atom is -0.393 e. The smallest absolute Gasteiger partial charge is 0.219 e. The van der Waals surface area contributed by atoms with Crippen LogP contribution in [0.2, 0.25) is 0 Å². The predicted molar refractivity (Wildman–Crippen MR) is 102 cm³/mol. The van der Waals surface area contributed by atoms with Gasteiger partial charge in [0, 0.05) is 19.6 Å². The summed E-state index contributed by atoms with van der Waals surface area (Å²) in [6, 6.07) is 0. The van der Waals surface area contributed by atoms with Crippen LogP contribution in [0.3, 0.4) is 0 Å². The van der Waals surface area contributed by atoms with Crippen molar-refractivity contribution < 1.29 is 24.1 Å². The Morgan fingerprint density at radius 2 is 1.56 bits per heavy atom. The molecule has 2 saturated heterocycles. The van der Waals surface area contributed by atoms with Crippen molar-refractivity contribution in [3.8, 4) is 0 Å². The predicted octanol–water partition coefficient (Wildman–Crippen LogP) is 2.90. The molecule has 2 rings (SSSR count). The molecule has 6 heteroatoms. The Kier molecular flexibility index (Phi) is 16.5. The van der Waals surface area contributed by atoms with Crippen molar-refractivity contribution in [1.82, 2.24) is 0 Å². The highest BCUT2D eigenvalue weighted by Crippen LogP contribution is 2.25. The van der Waals surface area contributed by atoms with Gasteiger partial charge in [0.1, 0.15) is 0 Å². The molecular formula is C19H41NO5. The molecule has 0 saturated carbocycles. The standard InChI is InChI=1S/C7H15NO3.C6H10O2.C4H10.C2H6/c1-7(2,5-9)11-4-3-6(8)10;1-3-7-6-2-4-8-5(1)6;1-4(2)3;1-2/h9H,3-5H2,1-2H3,(H2,8,10);5-6H,1-4H2;4H,1-3H3;1-2H3/t;5-,6-;;/m.1../s1. The maximum Gasteiger partial charge on any atom is 0.219 e. The Hall–Kier alpha value is -0.690. The molecule has 0 aromatic carbocycles. The minimum absolute atomic E-state index is 0.0637. The molecule has 152 valence electrons. The number of hydrogen-bond acceptors (Lipinski definition) is 5. The van der Waals surface area contributed by atoms with Gasteiger partial charge in [0.2, 0.25) is 5.91 Å². The molecule has 3 N–H and O–H groups in total. The van der Waals surface area contributed by atoms with Crippen LogP contribution in [-0.2, 0) is 19.0 Å². The number of carbonyl (C=O) groups is 1. The quantitative estimate of drug-likeness (QED) is 0.784. The first-order valence-electron chi connectivity index (χ1n) is 9.44. The van der Waals surface area contributed by atoms with E-state index in [1.165, 1.54) is 0 Å². The largest absolute Gasteiger partial charge is 0.393 e. The third kappa shape index (κ3) is 16.5.